The van der Waals surface area contributed by atoms with E-state index in [1.165, 1.54) is 14.0 Å². The van der Waals surface area contributed by atoms with E-state index in [1.807, 2.05) is 18.2 Å². The van der Waals surface area contributed by atoms with Crippen molar-refractivity contribution in [2.75, 3.05) is 31.4 Å². The summed E-state index contributed by atoms with van der Waals surface area (Å²) in [6.07, 6.45) is 3.88. The lowest BCUT2D eigenvalue weighted by molar-refractivity contribution is -0.168. The first kappa shape index (κ1) is 26.6. The van der Waals surface area contributed by atoms with Gasteiger partial charge in [-0.15, -0.1) is 0 Å². The number of hydrogen-bond acceptors (Lipinski definition) is 9. The smallest absolute Gasteiger partial charge is 0.413 e. The third-order valence-electron chi connectivity index (χ3n) is 6.40. The van der Waals surface area contributed by atoms with Gasteiger partial charge >= 0.3 is 12.1 Å². The minimum Gasteiger partial charge on any atom is -0.496 e. The van der Waals surface area contributed by atoms with Crippen molar-refractivity contribution in [2.24, 2.45) is 0 Å². The summed E-state index contributed by atoms with van der Waals surface area (Å²) in [5.41, 5.74) is 2.44. The van der Waals surface area contributed by atoms with Gasteiger partial charge in [-0.05, 0) is 53.2 Å². The fraction of sp³-hybridized carbons (Fsp3) is 0.480. The van der Waals surface area contributed by atoms with Gasteiger partial charge in [-0.2, -0.15) is 10.1 Å². The Morgan fingerprint density at radius 3 is 2.62 bits per heavy atom. The highest BCUT2D eigenvalue weighted by atomic mass is 79.9. The molecular formula is C25H31BrN6O5. The lowest BCUT2D eigenvalue weighted by Gasteiger charge is -2.41. The van der Waals surface area contributed by atoms with Crippen LogP contribution in [0.5, 0.6) is 5.75 Å². The average molecular weight is 575 g/mol. The van der Waals surface area contributed by atoms with Crippen molar-refractivity contribution >= 4 is 50.8 Å². The standard InChI is InChI=1S/C25H31BrN6O5/c1-5-6-12-27-22-20-19(28-23(29-22)30-24(34)36-4)21(26)31-32(20)14-16-8-9-17(13-18(16)35-3)25(10-7-11-25)37-15(2)33/h8-9,13H,5-7,10-12,14H2,1-4H3,(H2,27,28,29,30,34). The molecule has 0 radical (unpaired) electrons. The molecule has 12 heteroatoms. The van der Waals surface area contributed by atoms with Gasteiger partial charge in [0.15, 0.2) is 10.4 Å². The Morgan fingerprint density at radius 2 is 2.00 bits per heavy atom. The predicted molar refractivity (Wildman–Crippen MR) is 142 cm³/mol. The summed E-state index contributed by atoms with van der Waals surface area (Å²) in [4.78, 5) is 32.5. The second kappa shape index (κ2) is 11.3. The quantitative estimate of drug-likeness (QED) is 0.254. The number of halogens is 1. The average Bonchev–Trinajstić information content (AvgIpc) is 3.16. The molecule has 2 N–H and O–H groups in total. The van der Waals surface area contributed by atoms with Crippen molar-refractivity contribution < 1.29 is 23.8 Å². The number of unbranched alkanes of at least 4 members (excludes halogenated alkanes) is 1. The Hall–Kier alpha value is -3.41. The molecule has 2 aromatic heterocycles. The molecule has 0 unspecified atom stereocenters. The van der Waals surface area contributed by atoms with Crippen LogP contribution in [0.1, 0.15) is 57.1 Å². The van der Waals surface area contributed by atoms with E-state index in [-0.39, 0.29) is 11.9 Å². The molecular weight excluding hydrogens is 544 g/mol. The van der Waals surface area contributed by atoms with Gasteiger partial charge in [0.2, 0.25) is 5.95 Å². The zero-order valence-corrected chi connectivity index (χ0v) is 23.0. The fourth-order valence-corrected chi connectivity index (χ4v) is 4.88. The second-order valence-corrected chi connectivity index (χ2v) is 9.66. The van der Waals surface area contributed by atoms with Crippen LogP contribution in [0.3, 0.4) is 0 Å². The molecule has 0 aliphatic heterocycles. The molecule has 198 valence electrons. The highest BCUT2D eigenvalue weighted by molar-refractivity contribution is 9.10. The van der Waals surface area contributed by atoms with E-state index in [0.717, 1.165) is 43.2 Å². The van der Waals surface area contributed by atoms with E-state index in [2.05, 4.69) is 53.3 Å². The minimum atomic E-state index is -0.662. The number of fused-ring (bicyclic) bond motifs is 1. The van der Waals surface area contributed by atoms with Crippen LogP contribution in [0.2, 0.25) is 0 Å². The van der Waals surface area contributed by atoms with Crippen molar-refractivity contribution in [3.63, 3.8) is 0 Å². The van der Waals surface area contributed by atoms with Crippen molar-refractivity contribution in [1.29, 1.82) is 0 Å². The highest BCUT2D eigenvalue weighted by Crippen LogP contribution is 2.46. The summed E-state index contributed by atoms with van der Waals surface area (Å²) in [7, 11) is 2.89. The maximum absolute atomic E-state index is 11.8. The number of benzene rings is 1. The second-order valence-electron chi connectivity index (χ2n) is 8.91. The predicted octanol–water partition coefficient (Wildman–Crippen LogP) is 4.98. The molecule has 1 aromatic carbocycles. The minimum absolute atomic E-state index is 0.108. The van der Waals surface area contributed by atoms with Crippen LogP contribution in [0, 0.1) is 0 Å². The van der Waals surface area contributed by atoms with Crippen LogP contribution in [-0.2, 0) is 26.4 Å². The fourth-order valence-electron chi connectivity index (χ4n) is 4.41. The molecule has 0 atom stereocenters. The first-order chi connectivity index (χ1) is 17.8. The lowest BCUT2D eigenvalue weighted by Crippen LogP contribution is -2.38. The van der Waals surface area contributed by atoms with Gasteiger partial charge < -0.3 is 19.5 Å². The molecule has 11 nitrogen and oxygen atoms in total. The Labute approximate surface area is 223 Å². The number of esters is 1. The molecule has 1 aliphatic rings. The van der Waals surface area contributed by atoms with E-state index in [1.54, 1.807) is 11.8 Å². The van der Waals surface area contributed by atoms with Gasteiger partial charge in [0.05, 0.1) is 20.8 Å². The number of amides is 1. The SMILES string of the molecule is CCCCNc1nc(NC(=O)OC)nc2c(Br)nn(Cc3ccc(C4(OC(C)=O)CCC4)cc3OC)c12. The number of hydrogen-bond donors (Lipinski definition) is 2. The number of carbonyl (C=O) groups excluding carboxylic acids is 2. The Balaban J connectivity index is 1.72. The molecule has 0 spiro atoms. The number of ether oxygens (including phenoxy) is 3. The van der Waals surface area contributed by atoms with Gasteiger partial charge in [-0.25, -0.2) is 9.78 Å². The third-order valence-corrected chi connectivity index (χ3v) is 6.94. The molecule has 1 amide bonds. The van der Waals surface area contributed by atoms with Crippen molar-refractivity contribution in [3.05, 3.63) is 33.9 Å². The van der Waals surface area contributed by atoms with E-state index < -0.39 is 11.7 Å². The van der Waals surface area contributed by atoms with Crippen LogP contribution in [0.4, 0.5) is 16.6 Å². The number of anilines is 2. The maximum Gasteiger partial charge on any atom is 0.413 e. The van der Waals surface area contributed by atoms with Crippen LogP contribution in [0.25, 0.3) is 11.0 Å². The third kappa shape index (κ3) is 5.63. The zero-order valence-electron chi connectivity index (χ0n) is 21.4. The Morgan fingerprint density at radius 1 is 1.22 bits per heavy atom. The summed E-state index contributed by atoms with van der Waals surface area (Å²) < 4.78 is 18.4. The Kier molecular flexibility index (Phi) is 8.16. The largest absolute Gasteiger partial charge is 0.496 e. The topological polar surface area (TPSA) is 129 Å². The number of carbonyl (C=O) groups is 2. The number of aromatic nitrogens is 4. The molecule has 0 bridgehead atoms. The Bertz CT molecular complexity index is 1310. The van der Waals surface area contributed by atoms with Crippen LogP contribution < -0.4 is 15.4 Å². The number of nitrogens with zero attached hydrogens (tertiary/aromatic N) is 4. The van der Waals surface area contributed by atoms with Gasteiger partial charge in [0, 0.05) is 19.0 Å². The summed E-state index contributed by atoms with van der Waals surface area (Å²) in [6, 6.07) is 5.89. The molecule has 4 rings (SSSR count). The summed E-state index contributed by atoms with van der Waals surface area (Å²) in [5.74, 6) is 1.03. The number of methoxy groups -OCH3 is 2. The molecule has 1 saturated carbocycles. The first-order valence-electron chi connectivity index (χ1n) is 12.2. The van der Waals surface area contributed by atoms with Crippen molar-refractivity contribution in [2.45, 2.75) is 58.1 Å². The lowest BCUT2D eigenvalue weighted by atomic mass is 9.74. The summed E-state index contributed by atoms with van der Waals surface area (Å²) in [6.45, 7) is 4.61. The van der Waals surface area contributed by atoms with Crippen LogP contribution >= 0.6 is 15.9 Å². The zero-order chi connectivity index (χ0) is 26.6. The van der Waals surface area contributed by atoms with E-state index in [4.69, 9.17) is 9.47 Å². The van der Waals surface area contributed by atoms with Gasteiger partial charge in [0.25, 0.3) is 0 Å². The van der Waals surface area contributed by atoms with Gasteiger partial charge in [0.1, 0.15) is 22.4 Å². The summed E-state index contributed by atoms with van der Waals surface area (Å²) >= 11 is 3.50. The molecule has 0 saturated heterocycles. The molecule has 37 heavy (non-hydrogen) atoms. The molecule has 2 heterocycles. The normalized spacial score (nSPS) is 14.1. The van der Waals surface area contributed by atoms with Crippen LogP contribution in [-0.4, -0.2) is 52.6 Å². The number of rotatable bonds is 10. The number of nitrogens with one attached hydrogen (secondary N) is 2. The van der Waals surface area contributed by atoms with E-state index in [0.29, 0.717) is 40.3 Å². The molecule has 1 aliphatic carbocycles. The van der Waals surface area contributed by atoms with Crippen LogP contribution in [0.15, 0.2) is 22.8 Å². The first-order valence-corrected chi connectivity index (χ1v) is 13.0. The van der Waals surface area contributed by atoms with Crippen molar-refractivity contribution in [1.82, 2.24) is 19.7 Å². The molecule has 1 fully saturated rings. The van der Waals surface area contributed by atoms with E-state index >= 15 is 0 Å². The van der Waals surface area contributed by atoms with Crippen molar-refractivity contribution in [3.8, 4) is 5.75 Å². The van der Waals surface area contributed by atoms with Gasteiger partial charge in [-0.3, -0.25) is 14.8 Å². The summed E-state index contributed by atoms with van der Waals surface area (Å²) in [5, 5.41) is 10.5. The molecule has 3 aromatic rings. The maximum atomic E-state index is 11.8. The monoisotopic (exact) mass is 574 g/mol. The van der Waals surface area contributed by atoms with E-state index in [9.17, 15) is 9.59 Å². The highest BCUT2D eigenvalue weighted by Gasteiger charge is 2.42. The van der Waals surface area contributed by atoms with Gasteiger partial charge in [-0.1, -0.05) is 25.5 Å².